The van der Waals surface area contributed by atoms with Gasteiger partial charge < -0.3 is 14.7 Å². The lowest BCUT2D eigenvalue weighted by molar-refractivity contribution is -0.148. The van der Waals surface area contributed by atoms with Gasteiger partial charge >= 0.3 is 0 Å². The first-order chi connectivity index (χ1) is 6.50. The van der Waals surface area contributed by atoms with Gasteiger partial charge in [0.1, 0.15) is 0 Å². The van der Waals surface area contributed by atoms with Gasteiger partial charge in [-0.15, -0.1) is 0 Å². The van der Waals surface area contributed by atoms with Crippen LogP contribution in [-0.2, 0) is 9.59 Å². The predicted molar refractivity (Wildman–Crippen MR) is 52.8 cm³/mol. The van der Waals surface area contributed by atoms with Crippen LogP contribution in [0.4, 0.5) is 0 Å². The van der Waals surface area contributed by atoms with Crippen molar-refractivity contribution >= 4 is 11.8 Å². The normalized spacial score (nSPS) is 18.3. The number of hydrogen-bond acceptors (Lipinski definition) is 3. The van der Waals surface area contributed by atoms with Crippen molar-refractivity contribution in [2.45, 2.75) is 0 Å². The molecular weight excluding hydrogens is 182 g/mol. The Balaban J connectivity index is 2.45. The van der Waals surface area contributed by atoms with Crippen molar-refractivity contribution < 1.29 is 9.59 Å². The highest BCUT2D eigenvalue weighted by molar-refractivity contribution is 5.92. The van der Waals surface area contributed by atoms with Crippen molar-refractivity contribution in [2.24, 2.45) is 0 Å². The van der Waals surface area contributed by atoms with Crippen LogP contribution in [-0.4, -0.2) is 73.8 Å². The van der Waals surface area contributed by atoms with Gasteiger partial charge in [0.2, 0.25) is 11.8 Å². The summed E-state index contributed by atoms with van der Waals surface area (Å²) in [5.41, 5.74) is 0. The Labute approximate surface area is 84.3 Å². The van der Waals surface area contributed by atoms with E-state index < -0.39 is 0 Å². The Bertz CT molecular complexity index is 240. The fourth-order valence-electron chi connectivity index (χ4n) is 1.29. The lowest BCUT2D eigenvalue weighted by Gasteiger charge is -2.32. The summed E-state index contributed by atoms with van der Waals surface area (Å²) in [6.07, 6.45) is 0. The maximum absolute atomic E-state index is 11.5. The molecule has 0 N–H and O–H groups in total. The molecule has 0 aromatic rings. The van der Waals surface area contributed by atoms with Crippen molar-refractivity contribution in [1.82, 2.24) is 14.7 Å². The fourth-order valence-corrected chi connectivity index (χ4v) is 1.29. The summed E-state index contributed by atoms with van der Waals surface area (Å²) in [6, 6.07) is 0. The third kappa shape index (κ3) is 2.70. The van der Waals surface area contributed by atoms with E-state index in [0.29, 0.717) is 6.54 Å². The molecule has 1 aliphatic heterocycles. The molecule has 0 saturated carbocycles. The van der Waals surface area contributed by atoms with E-state index in [0.717, 1.165) is 6.54 Å². The van der Waals surface area contributed by atoms with Crippen LogP contribution < -0.4 is 0 Å². The molecule has 80 valence electrons. The largest absolute Gasteiger partial charge is 0.335 e. The Hall–Kier alpha value is -1.10. The first kappa shape index (κ1) is 11.0. The lowest BCUT2D eigenvalue weighted by Crippen LogP contribution is -2.53. The second-order valence-electron chi connectivity index (χ2n) is 3.87. The van der Waals surface area contributed by atoms with Gasteiger partial charge in [0, 0.05) is 20.1 Å². The van der Waals surface area contributed by atoms with Crippen LogP contribution in [0.25, 0.3) is 0 Å². The third-order valence-corrected chi connectivity index (χ3v) is 2.29. The molecule has 0 bridgehead atoms. The highest BCUT2D eigenvalue weighted by Crippen LogP contribution is 2.02. The van der Waals surface area contributed by atoms with Crippen LogP contribution in [0.3, 0.4) is 0 Å². The quantitative estimate of drug-likeness (QED) is 0.576. The summed E-state index contributed by atoms with van der Waals surface area (Å²) in [7, 11) is 5.55. The van der Waals surface area contributed by atoms with Crippen LogP contribution in [0.5, 0.6) is 0 Å². The van der Waals surface area contributed by atoms with Crippen LogP contribution in [0.2, 0.25) is 0 Å². The average molecular weight is 199 g/mol. The SMILES string of the molecule is CN(C)CCN1CC(=O)N(C)CC1=O. The zero-order chi connectivity index (χ0) is 10.7. The standard InChI is InChI=1S/C9H17N3O2/c1-10(2)4-5-12-7-8(13)11(3)6-9(12)14/h4-7H2,1-3H3. The van der Waals surface area contributed by atoms with Gasteiger partial charge in [0.05, 0.1) is 13.1 Å². The molecule has 5 nitrogen and oxygen atoms in total. The van der Waals surface area contributed by atoms with Gasteiger partial charge in [0.15, 0.2) is 0 Å². The molecule has 0 radical (unpaired) electrons. The minimum absolute atomic E-state index is 0.0170. The van der Waals surface area contributed by atoms with Crippen molar-refractivity contribution in [3.05, 3.63) is 0 Å². The molecular formula is C9H17N3O2. The van der Waals surface area contributed by atoms with Crippen molar-refractivity contribution in [3.8, 4) is 0 Å². The highest BCUT2D eigenvalue weighted by Gasteiger charge is 2.26. The predicted octanol–water partition coefficient (Wildman–Crippen LogP) is -1.15. The van der Waals surface area contributed by atoms with Crippen molar-refractivity contribution in [1.29, 1.82) is 0 Å². The van der Waals surface area contributed by atoms with Gasteiger partial charge in [-0.25, -0.2) is 0 Å². The smallest absolute Gasteiger partial charge is 0.242 e. The number of likely N-dealkylation sites (N-methyl/N-ethyl adjacent to an activating group) is 2. The van der Waals surface area contributed by atoms with E-state index in [1.54, 1.807) is 11.9 Å². The van der Waals surface area contributed by atoms with E-state index in [2.05, 4.69) is 0 Å². The van der Waals surface area contributed by atoms with Crippen LogP contribution >= 0.6 is 0 Å². The second kappa shape index (κ2) is 4.41. The van der Waals surface area contributed by atoms with Crippen LogP contribution in [0, 0.1) is 0 Å². The first-order valence-electron chi connectivity index (χ1n) is 4.67. The minimum atomic E-state index is 0.0170. The minimum Gasteiger partial charge on any atom is -0.335 e. The zero-order valence-electron chi connectivity index (χ0n) is 8.99. The third-order valence-electron chi connectivity index (χ3n) is 2.29. The molecule has 2 amide bonds. The van der Waals surface area contributed by atoms with Crippen molar-refractivity contribution in [3.63, 3.8) is 0 Å². The Morgan fingerprint density at radius 3 is 2.43 bits per heavy atom. The number of carbonyl (C=O) groups is 2. The molecule has 1 fully saturated rings. The lowest BCUT2D eigenvalue weighted by atomic mass is 10.3. The summed E-state index contributed by atoms with van der Waals surface area (Å²) in [6.45, 7) is 1.86. The number of piperazine rings is 1. The molecule has 0 atom stereocenters. The van der Waals surface area contributed by atoms with E-state index in [1.807, 2.05) is 19.0 Å². The number of hydrogen-bond donors (Lipinski definition) is 0. The van der Waals surface area contributed by atoms with E-state index in [4.69, 9.17) is 0 Å². The van der Waals surface area contributed by atoms with E-state index >= 15 is 0 Å². The molecule has 0 aliphatic carbocycles. The first-order valence-corrected chi connectivity index (χ1v) is 4.67. The fraction of sp³-hybridized carbons (Fsp3) is 0.778. The maximum atomic E-state index is 11.5. The number of amides is 2. The molecule has 1 heterocycles. The topological polar surface area (TPSA) is 43.9 Å². The van der Waals surface area contributed by atoms with E-state index in [9.17, 15) is 9.59 Å². The van der Waals surface area contributed by atoms with Crippen LogP contribution in [0.1, 0.15) is 0 Å². The summed E-state index contributed by atoms with van der Waals surface area (Å²) in [5, 5.41) is 0. The van der Waals surface area contributed by atoms with E-state index in [1.165, 1.54) is 4.90 Å². The Morgan fingerprint density at radius 1 is 1.21 bits per heavy atom. The zero-order valence-corrected chi connectivity index (χ0v) is 8.99. The number of rotatable bonds is 3. The molecule has 1 aliphatic rings. The van der Waals surface area contributed by atoms with Gasteiger partial charge in [0.25, 0.3) is 0 Å². The number of carbonyl (C=O) groups excluding carboxylic acids is 2. The number of nitrogens with zero attached hydrogens (tertiary/aromatic N) is 3. The molecule has 5 heteroatoms. The Kier molecular flexibility index (Phi) is 3.46. The monoisotopic (exact) mass is 199 g/mol. The molecule has 1 rings (SSSR count). The second-order valence-corrected chi connectivity index (χ2v) is 3.87. The van der Waals surface area contributed by atoms with Gasteiger partial charge in [-0.1, -0.05) is 0 Å². The highest BCUT2D eigenvalue weighted by atomic mass is 16.2. The molecule has 0 spiro atoms. The molecule has 1 saturated heterocycles. The molecule has 0 unspecified atom stereocenters. The average Bonchev–Trinajstić information content (AvgIpc) is 2.09. The molecule has 14 heavy (non-hydrogen) atoms. The van der Waals surface area contributed by atoms with Gasteiger partial charge in [-0.05, 0) is 14.1 Å². The van der Waals surface area contributed by atoms with Gasteiger partial charge in [-0.3, -0.25) is 9.59 Å². The van der Waals surface area contributed by atoms with Crippen molar-refractivity contribution in [2.75, 3.05) is 47.3 Å². The Morgan fingerprint density at radius 2 is 1.86 bits per heavy atom. The molecule has 0 aromatic heterocycles. The summed E-state index contributed by atoms with van der Waals surface area (Å²) >= 11 is 0. The van der Waals surface area contributed by atoms with E-state index in [-0.39, 0.29) is 24.9 Å². The maximum Gasteiger partial charge on any atom is 0.242 e. The van der Waals surface area contributed by atoms with Gasteiger partial charge in [-0.2, -0.15) is 0 Å². The van der Waals surface area contributed by atoms with Crippen LogP contribution in [0.15, 0.2) is 0 Å². The summed E-state index contributed by atoms with van der Waals surface area (Å²) < 4.78 is 0. The summed E-state index contributed by atoms with van der Waals surface area (Å²) in [5.74, 6) is 0.0531. The summed E-state index contributed by atoms with van der Waals surface area (Å²) in [4.78, 5) is 27.9. The molecule has 0 aromatic carbocycles.